The van der Waals surface area contributed by atoms with Gasteiger partial charge >= 0.3 is 0 Å². The van der Waals surface area contributed by atoms with E-state index >= 15 is 0 Å². The monoisotopic (exact) mass is 152 g/mol. The van der Waals surface area contributed by atoms with Crippen molar-refractivity contribution < 1.29 is 4.21 Å². The molecule has 0 aromatic heterocycles. The Hall–Kier alpha value is 0.440. The molecule has 0 saturated heterocycles. The first-order valence-corrected chi connectivity index (χ1v) is 4.77. The summed E-state index contributed by atoms with van der Waals surface area (Å²) < 4.78 is 10.7. The van der Waals surface area contributed by atoms with Crippen LogP contribution in [0.2, 0.25) is 0 Å². The molecule has 1 fully saturated rings. The highest BCUT2D eigenvalue weighted by atomic mass is 35.7. The first kappa shape index (κ1) is 6.56. The zero-order valence-electron chi connectivity index (χ0n) is 4.82. The summed E-state index contributed by atoms with van der Waals surface area (Å²) in [6, 6.07) is 0. The van der Waals surface area contributed by atoms with Gasteiger partial charge in [0.1, 0.15) is 10.0 Å². The lowest BCUT2D eigenvalue weighted by Gasteiger charge is -2.02. The van der Waals surface area contributed by atoms with Gasteiger partial charge in [-0.25, -0.2) is 4.21 Å². The normalized spacial score (nSPS) is 27.2. The maximum atomic E-state index is 10.6. The molecule has 1 atom stereocenters. The molecule has 0 aromatic rings. The molecule has 0 heterocycles. The molecule has 1 unspecified atom stereocenters. The molecule has 1 nitrogen and oxygen atoms in total. The van der Waals surface area contributed by atoms with Gasteiger partial charge in [0, 0.05) is 0 Å². The molecule has 1 aliphatic rings. The minimum Gasteiger partial charge on any atom is -0.242 e. The van der Waals surface area contributed by atoms with E-state index in [2.05, 4.69) is 0 Å². The topological polar surface area (TPSA) is 17.1 Å². The molecule has 1 saturated carbocycles. The Morgan fingerprint density at radius 2 is 2.25 bits per heavy atom. The molecule has 8 heavy (non-hydrogen) atoms. The number of halogens is 1. The van der Waals surface area contributed by atoms with E-state index in [1.807, 2.05) is 6.92 Å². The van der Waals surface area contributed by atoms with Crippen LogP contribution in [0.25, 0.3) is 0 Å². The molecule has 1 aliphatic carbocycles. The third-order valence-corrected chi connectivity index (χ3v) is 4.15. The SMILES string of the molecule is CCC1(S(=O)Cl)CC1. The highest BCUT2D eigenvalue weighted by Gasteiger charge is 2.46. The first-order valence-electron chi connectivity index (χ1n) is 2.79. The summed E-state index contributed by atoms with van der Waals surface area (Å²) >= 11 is 0. The van der Waals surface area contributed by atoms with Crippen LogP contribution in [0.15, 0.2) is 0 Å². The van der Waals surface area contributed by atoms with Crippen LogP contribution >= 0.6 is 10.7 Å². The second-order valence-electron chi connectivity index (χ2n) is 2.26. The van der Waals surface area contributed by atoms with Gasteiger partial charge in [0.15, 0.2) is 0 Å². The third-order valence-electron chi connectivity index (χ3n) is 1.79. The van der Waals surface area contributed by atoms with E-state index in [-0.39, 0.29) is 4.75 Å². The Morgan fingerprint density at radius 1 is 1.75 bits per heavy atom. The Balaban J connectivity index is 2.53. The zero-order chi connectivity index (χ0) is 6.20. The Kier molecular flexibility index (Phi) is 1.63. The van der Waals surface area contributed by atoms with E-state index in [0.717, 1.165) is 19.3 Å². The third kappa shape index (κ3) is 0.914. The molecule has 0 radical (unpaired) electrons. The lowest BCUT2D eigenvalue weighted by Crippen LogP contribution is -2.08. The molecule has 0 aromatic carbocycles. The summed E-state index contributed by atoms with van der Waals surface area (Å²) in [7, 11) is 4.31. The first-order chi connectivity index (χ1) is 3.71. The zero-order valence-corrected chi connectivity index (χ0v) is 6.39. The van der Waals surface area contributed by atoms with Gasteiger partial charge in [-0.3, -0.25) is 0 Å². The maximum absolute atomic E-state index is 10.6. The molecule has 0 spiro atoms. The largest absolute Gasteiger partial charge is 0.242 e. The van der Waals surface area contributed by atoms with E-state index < -0.39 is 10.0 Å². The van der Waals surface area contributed by atoms with Gasteiger partial charge in [-0.1, -0.05) is 6.92 Å². The number of rotatable bonds is 2. The Bertz CT molecular complexity index is 120. The van der Waals surface area contributed by atoms with Crippen molar-refractivity contribution in [2.45, 2.75) is 30.9 Å². The molecule has 48 valence electrons. The summed E-state index contributed by atoms with van der Waals surface area (Å²) in [5, 5.41) is 0. The van der Waals surface area contributed by atoms with Crippen LogP contribution in [0.3, 0.4) is 0 Å². The second kappa shape index (κ2) is 1.99. The number of hydrogen-bond acceptors (Lipinski definition) is 1. The van der Waals surface area contributed by atoms with Crippen LogP contribution in [0.4, 0.5) is 0 Å². The standard InChI is InChI=1S/C5H9ClOS/c1-2-5(3-4-5)8(6)7/h2-4H2,1H3. The molecular formula is C5H9ClOS. The predicted molar refractivity (Wildman–Crippen MR) is 36.3 cm³/mol. The minimum absolute atomic E-state index is 0.0293. The van der Waals surface area contributed by atoms with E-state index in [1.165, 1.54) is 0 Å². The molecule has 3 heteroatoms. The summed E-state index contributed by atoms with van der Waals surface area (Å²) in [5.74, 6) is 0. The second-order valence-corrected chi connectivity index (χ2v) is 4.41. The fourth-order valence-corrected chi connectivity index (χ4v) is 2.21. The maximum Gasteiger partial charge on any atom is 0.121 e. The quantitative estimate of drug-likeness (QED) is 0.552. The van der Waals surface area contributed by atoms with Crippen molar-refractivity contribution in [2.75, 3.05) is 0 Å². The van der Waals surface area contributed by atoms with E-state index in [9.17, 15) is 4.21 Å². The highest BCUT2D eigenvalue weighted by Crippen LogP contribution is 2.45. The van der Waals surface area contributed by atoms with E-state index in [0.29, 0.717) is 0 Å². The minimum atomic E-state index is -1.09. The van der Waals surface area contributed by atoms with Crippen molar-refractivity contribution in [3.05, 3.63) is 0 Å². The van der Waals surface area contributed by atoms with Crippen LogP contribution in [0, 0.1) is 0 Å². The highest BCUT2D eigenvalue weighted by molar-refractivity contribution is 8.09. The van der Waals surface area contributed by atoms with Crippen molar-refractivity contribution in [2.24, 2.45) is 0 Å². The van der Waals surface area contributed by atoms with Crippen molar-refractivity contribution in [1.29, 1.82) is 0 Å². The van der Waals surface area contributed by atoms with Crippen LogP contribution in [0.5, 0.6) is 0 Å². The Morgan fingerprint density at radius 3 is 2.25 bits per heavy atom. The molecule has 0 aliphatic heterocycles. The average Bonchev–Trinajstić information content (AvgIpc) is 2.44. The average molecular weight is 153 g/mol. The van der Waals surface area contributed by atoms with Crippen LogP contribution < -0.4 is 0 Å². The van der Waals surface area contributed by atoms with Gasteiger partial charge in [0.25, 0.3) is 0 Å². The van der Waals surface area contributed by atoms with Crippen molar-refractivity contribution in [1.82, 2.24) is 0 Å². The fraction of sp³-hybridized carbons (Fsp3) is 1.00. The van der Waals surface area contributed by atoms with Gasteiger partial charge in [0.2, 0.25) is 0 Å². The summed E-state index contributed by atoms with van der Waals surface area (Å²) in [6.07, 6.45) is 3.07. The van der Waals surface area contributed by atoms with Gasteiger partial charge < -0.3 is 0 Å². The van der Waals surface area contributed by atoms with Gasteiger partial charge in [-0.05, 0) is 29.9 Å². The van der Waals surface area contributed by atoms with Gasteiger partial charge in [-0.2, -0.15) is 0 Å². The molecule has 0 amide bonds. The molecular weight excluding hydrogens is 144 g/mol. The smallest absolute Gasteiger partial charge is 0.121 e. The molecule has 0 N–H and O–H groups in total. The van der Waals surface area contributed by atoms with Crippen molar-refractivity contribution in [3.8, 4) is 0 Å². The summed E-state index contributed by atoms with van der Waals surface area (Å²) in [5.41, 5.74) is 0. The fourth-order valence-electron chi connectivity index (χ4n) is 0.767. The van der Waals surface area contributed by atoms with Crippen molar-refractivity contribution in [3.63, 3.8) is 0 Å². The van der Waals surface area contributed by atoms with Crippen molar-refractivity contribution >= 4 is 20.7 Å². The van der Waals surface area contributed by atoms with Crippen LogP contribution in [-0.4, -0.2) is 8.96 Å². The van der Waals surface area contributed by atoms with Gasteiger partial charge in [0.05, 0.1) is 4.75 Å². The Labute approximate surface area is 56.4 Å². The number of hydrogen-bond donors (Lipinski definition) is 0. The van der Waals surface area contributed by atoms with Gasteiger partial charge in [-0.15, -0.1) is 0 Å². The molecule has 0 bridgehead atoms. The van der Waals surface area contributed by atoms with E-state index in [1.54, 1.807) is 0 Å². The van der Waals surface area contributed by atoms with Crippen LogP contribution in [-0.2, 0) is 10.0 Å². The lowest BCUT2D eigenvalue weighted by molar-refractivity contribution is 0.672. The van der Waals surface area contributed by atoms with E-state index in [4.69, 9.17) is 10.7 Å². The molecule has 1 rings (SSSR count). The van der Waals surface area contributed by atoms with Crippen LogP contribution in [0.1, 0.15) is 26.2 Å². The summed E-state index contributed by atoms with van der Waals surface area (Å²) in [4.78, 5) is 0. The summed E-state index contributed by atoms with van der Waals surface area (Å²) in [6.45, 7) is 2.04. The lowest BCUT2D eigenvalue weighted by atomic mass is 10.3. The predicted octanol–water partition coefficient (Wildman–Crippen LogP) is 1.83.